The van der Waals surface area contributed by atoms with Crippen molar-refractivity contribution in [2.75, 3.05) is 0 Å². The van der Waals surface area contributed by atoms with Crippen molar-refractivity contribution in [3.05, 3.63) is 41.6 Å². The zero-order chi connectivity index (χ0) is 11.4. The molecular weight excluding hydrogens is 228 g/mol. The highest BCUT2D eigenvalue weighted by atomic mass is 32.2. The Balaban J connectivity index is 2.01. The van der Waals surface area contributed by atoms with Crippen LogP contribution in [0.2, 0.25) is 0 Å². The van der Waals surface area contributed by atoms with Gasteiger partial charge in [-0.1, -0.05) is 0 Å². The van der Waals surface area contributed by atoms with Gasteiger partial charge < -0.3 is 4.18 Å². The SMILES string of the molecule is O=C1C=CC(=O)C(SOc2ncccn2)=C1. The topological polar surface area (TPSA) is 69.2 Å². The number of carbonyl (C=O) groups is 2. The lowest BCUT2D eigenvalue weighted by Gasteiger charge is -2.04. The van der Waals surface area contributed by atoms with Crippen molar-refractivity contribution in [3.63, 3.8) is 0 Å². The molecule has 0 saturated carbocycles. The molecule has 0 atom stereocenters. The Kier molecular flexibility index (Phi) is 3.11. The maximum Gasteiger partial charge on any atom is 0.329 e. The molecule has 0 bridgehead atoms. The molecule has 1 aliphatic rings. The van der Waals surface area contributed by atoms with E-state index in [1.807, 2.05) is 0 Å². The Hall–Kier alpha value is -1.95. The molecule has 1 aliphatic carbocycles. The van der Waals surface area contributed by atoms with Crippen LogP contribution in [-0.2, 0) is 9.59 Å². The third kappa shape index (κ3) is 2.54. The number of hydrogen-bond acceptors (Lipinski definition) is 6. The van der Waals surface area contributed by atoms with Crippen LogP contribution in [0.5, 0.6) is 6.01 Å². The summed E-state index contributed by atoms with van der Waals surface area (Å²) >= 11 is 0.777. The van der Waals surface area contributed by atoms with E-state index in [1.54, 1.807) is 6.07 Å². The first-order valence-corrected chi connectivity index (χ1v) is 5.09. The van der Waals surface area contributed by atoms with E-state index in [0.717, 1.165) is 12.0 Å². The van der Waals surface area contributed by atoms with E-state index >= 15 is 0 Å². The van der Waals surface area contributed by atoms with Gasteiger partial charge in [-0.15, -0.1) is 0 Å². The molecule has 2 rings (SSSR count). The Morgan fingerprint density at radius 2 is 1.88 bits per heavy atom. The molecule has 0 aliphatic heterocycles. The average Bonchev–Trinajstić information content (AvgIpc) is 2.32. The molecule has 0 radical (unpaired) electrons. The first kappa shape index (κ1) is 10.6. The van der Waals surface area contributed by atoms with Crippen LogP contribution >= 0.6 is 12.0 Å². The number of nitrogens with zero attached hydrogens (tertiary/aromatic N) is 2. The maximum absolute atomic E-state index is 11.3. The molecule has 80 valence electrons. The third-order valence-corrected chi connectivity index (χ3v) is 2.39. The molecule has 0 spiro atoms. The van der Waals surface area contributed by atoms with Crippen LogP contribution in [0.1, 0.15) is 0 Å². The summed E-state index contributed by atoms with van der Waals surface area (Å²) in [5.41, 5.74) is 0. The lowest BCUT2D eigenvalue weighted by molar-refractivity contribution is -0.114. The summed E-state index contributed by atoms with van der Waals surface area (Å²) in [4.78, 5) is 30.2. The fraction of sp³-hybridized carbons (Fsp3) is 0. The summed E-state index contributed by atoms with van der Waals surface area (Å²) in [6.07, 6.45) is 6.68. The summed E-state index contributed by atoms with van der Waals surface area (Å²) in [6.45, 7) is 0. The smallest absolute Gasteiger partial charge is 0.329 e. The standard InChI is InChI=1S/C10H6N2O3S/c13-7-2-3-8(14)9(6-7)16-15-10-11-4-1-5-12-10/h1-6H. The van der Waals surface area contributed by atoms with E-state index < -0.39 is 0 Å². The summed E-state index contributed by atoms with van der Waals surface area (Å²) in [6, 6.07) is 1.79. The minimum absolute atomic E-state index is 0.142. The Morgan fingerprint density at radius 1 is 1.12 bits per heavy atom. The van der Waals surface area contributed by atoms with Gasteiger partial charge in [-0.05, 0) is 18.2 Å². The zero-order valence-electron chi connectivity index (χ0n) is 7.99. The van der Waals surface area contributed by atoms with Crippen LogP contribution in [0, 0.1) is 0 Å². The summed E-state index contributed by atoms with van der Waals surface area (Å²) in [5, 5.41) is 0. The van der Waals surface area contributed by atoms with Gasteiger partial charge in [0.2, 0.25) is 0 Å². The molecule has 0 fully saturated rings. The predicted octanol–water partition coefficient (Wildman–Crippen LogP) is 1.10. The molecule has 0 unspecified atom stereocenters. The normalized spacial score (nSPS) is 14.9. The van der Waals surface area contributed by atoms with E-state index in [0.29, 0.717) is 0 Å². The van der Waals surface area contributed by atoms with Gasteiger partial charge in [-0.25, -0.2) is 9.97 Å². The van der Waals surface area contributed by atoms with E-state index in [-0.39, 0.29) is 22.5 Å². The van der Waals surface area contributed by atoms with E-state index in [1.165, 1.54) is 30.6 Å². The lowest BCUT2D eigenvalue weighted by Crippen LogP contribution is -2.06. The van der Waals surface area contributed by atoms with Crippen LogP contribution in [-0.4, -0.2) is 21.5 Å². The van der Waals surface area contributed by atoms with Crippen LogP contribution < -0.4 is 4.18 Å². The summed E-state index contributed by atoms with van der Waals surface area (Å²) < 4.78 is 5.08. The van der Waals surface area contributed by atoms with Gasteiger partial charge in [0.05, 0.1) is 4.91 Å². The Bertz CT molecular complexity index is 482. The number of hydrogen-bond donors (Lipinski definition) is 0. The molecule has 0 amide bonds. The van der Waals surface area contributed by atoms with E-state index in [2.05, 4.69) is 9.97 Å². The first-order valence-electron chi connectivity index (χ1n) is 4.35. The fourth-order valence-corrected chi connectivity index (χ4v) is 1.53. The second kappa shape index (κ2) is 4.71. The minimum Gasteiger partial charge on any atom is -0.384 e. The van der Waals surface area contributed by atoms with Gasteiger partial charge in [0.1, 0.15) is 12.0 Å². The number of allylic oxidation sites excluding steroid dienone is 4. The van der Waals surface area contributed by atoms with Crippen LogP contribution in [0.15, 0.2) is 41.6 Å². The number of rotatable bonds is 3. The number of carbonyl (C=O) groups excluding carboxylic acids is 2. The second-order valence-electron chi connectivity index (χ2n) is 2.81. The lowest BCUT2D eigenvalue weighted by atomic mass is 10.2. The average molecular weight is 234 g/mol. The minimum atomic E-state index is -0.263. The summed E-state index contributed by atoms with van der Waals surface area (Å²) in [5.74, 6) is -0.500. The van der Waals surface area contributed by atoms with Crippen molar-refractivity contribution >= 4 is 23.6 Å². The van der Waals surface area contributed by atoms with Gasteiger partial charge in [0.25, 0.3) is 0 Å². The predicted molar refractivity (Wildman–Crippen MR) is 57.5 cm³/mol. The van der Waals surface area contributed by atoms with E-state index in [9.17, 15) is 9.59 Å². The fourth-order valence-electron chi connectivity index (χ4n) is 0.964. The van der Waals surface area contributed by atoms with Crippen molar-refractivity contribution in [3.8, 4) is 6.01 Å². The van der Waals surface area contributed by atoms with Crippen molar-refractivity contribution in [2.45, 2.75) is 0 Å². The highest BCUT2D eigenvalue weighted by Gasteiger charge is 2.15. The highest BCUT2D eigenvalue weighted by Crippen LogP contribution is 2.21. The van der Waals surface area contributed by atoms with E-state index in [4.69, 9.17) is 4.18 Å². The number of ketones is 2. The largest absolute Gasteiger partial charge is 0.384 e. The Labute approximate surface area is 95.4 Å². The monoisotopic (exact) mass is 234 g/mol. The van der Waals surface area contributed by atoms with Gasteiger partial charge >= 0.3 is 6.01 Å². The van der Waals surface area contributed by atoms with Crippen molar-refractivity contribution in [1.82, 2.24) is 9.97 Å². The van der Waals surface area contributed by atoms with Gasteiger partial charge in [-0.3, -0.25) is 9.59 Å². The molecule has 1 aromatic rings. The molecule has 6 heteroatoms. The van der Waals surface area contributed by atoms with Gasteiger partial charge in [0.15, 0.2) is 11.6 Å². The van der Waals surface area contributed by atoms with Crippen molar-refractivity contribution in [1.29, 1.82) is 0 Å². The van der Waals surface area contributed by atoms with Crippen LogP contribution in [0.3, 0.4) is 0 Å². The molecule has 16 heavy (non-hydrogen) atoms. The second-order valence-corrected chi connectivity index (χ2v) is 3.58. The molecule has 1 heterocycles. The molecular formula is C10H6N2O3S. The number of aromatic nitrogens is 2. The van der Waals surface area contributed by atoms with Crippen molar-refractivity contribution < 1.29 is 13.8 Å². The van der Waals surface area contributed by atoms with Crippen LogP contribution in [0.4, 0.5) is 0 Å². The van der Waals surface area contributed by atoms with Crippen LogP contribution in [0.25, 0.3) is 0 Å². The zero-order valence-corrected chi connectivity index (χ0v) is 8.81. The third-order valence-electron chi connectivity index (χ3n) is 1.66. The summed E-state index contributed by atoms with van der Waals surface area (Å²) in [7, 11) is 0. The van der Waals surface area contributed by atoms with Gasteiger partial charge in [0, 0.05) is 18.5 Å². The first-order chi connectivity index (χ1) is 7.75. The molecule has 0 saturated heterocycles. The molecule has 5 nitrogen and oxygen atoms in total. The van der Waals surface area contributed by atoms with Crippen molar-refractivity contribution in [2.24, 2.45) is 0 Å². The highest BCUT2D eigenvalue weighted by molar-refractivity contribution is 8.00. The van der Waals surface area contributed by atoms with Gasteiger partial charge in [-0.2, -0.15) is 0 Å². The maximum atomic E-state index is 11.3. The molecule has 0 N–H and O–H groups in total. The molecule has 0 aromatic carbocycles. The Morgan fingerprint density at radius 3 is 2.62 bits per heavy atom. The quantitative estimate of drug-likeness (QED) is 0.576. The molecule has 1 aromatic heterocycles.